The van der Waals surface area contributed by atoms with Gasteiger partial charge in [-0.15, -0.1) is 0 Å². The largest absolute Gasteiger partial charge is 0.494 e. The van der Waals surface area contributed by atoms with Crippen LogP contribution in [0.15, 0.2) is 40.4 Å². The van der Waals surface area contributed by atoms with Crippen molar-refractivity contribution < 1.29 is 9.13 Å². The van der Waals surface area contributed by atoms with E-state index in [1.165, 1.54) is 13.2 Å². The Morgan fingerprint density at radius 1 is 1.35 bits per heavy atom. The quantitative estimate of drug-likeness (QED) is 0.260. The molecule has 0 unspecified atom stereocenters. The summed E-state index contributed by atoms with van der Waals surface area (Å²) in [7, 11) is 5.29. The average molecular weight is 527 g/mol. The summed E-state index contributed by atoms with van der Waals surface area (Å²) < 4.78 is 21.4. The number of halogens is 2. The van der Waals surface area contributed by atoms with E-state index in [0.29, 0.717) is 23.4 Å². The molecule has 0 aliphatic rings. The zero-order chi connectivity index (χ0) is 26.7. The van der Waals surface area contributed by atoms with Crippen LogP contribution >= 0.6 is 11.6 Å². The molecule has 0 bridgehead atoms. The van der Waals surface area contributed by atoms with Gasteiger partial charge in [0.05, 0.1) is 19.0 Å². The van der Waals surface area contributed by atoms with Crippen molar-refractivity contribution in [3.63, 3.8) is 0 Å². The van der Waals surface area contributed by atoms with Crippen LogP contribution in [-0.4, -0.2) is 56.7 Å². The van der Waals surface area contributed by atoms with E-state index in [4.69, 9.17) is 16.3 Å². The smallest absolute Gasteiger partial charge is 0.348 e. The molecule has 10 nitrogen and oxygen atoms in total. The fourth-order valence-electron chi connectivity index (χ4n) is 3.90. The van der Waals surface area contributed by atoms with Gasteiger partial charge in [0.15, 0.2) is 23.0 Å². The fourth-order valence-corrected chi connectivity index (χ4v) is 4.11. The molecule has 4 rings (SSSR count). The molecule has 0 atom stereocenters. The average Bonchev–Trinajstić information content (AvgIpc) is 3.25. The molecule has 12 heteroatoms. The SMILES string of the molecule is CCC(=Nc1ncc(Cn2cc3c(NCc4c(Cl)ccc(OC)c4F)nc(=O)[nH]c3n2)cc1C)N(C)C. The van der Waals surface area contributed by atoms with Gasteiger partial charge in [-0.1, -0.05) is 18.5 Å². The standard InChI is InChI=1S/C25H28ClFN8O2/c1-6-20(34(3)4)30-22-14(2)9-15(10-28-22)12-35-13-17-23(31-25(36)32-24(17)33-35)29-11-16-18(26)7-8-19(37-5)21(16)27/h7-10,13H,6,11-12H2,1-5H3,(H2,29,31,32,33,36). The number of aromatic amines is 1. The van der Waals surface area contributed by atoms with Crippen molar-refractivity contribution in [1.82, 2.24) is 29.6 Å². The number of pyridine rings is 1. The summed E-state index contributed by atoms with van der Waals surface area (Å²) >= 11 is 6.19. The molecule has 3 heterocycles. The highest BCUT2D eigenvalue weighted by Gasteiger charge is 2.16. The molecule has 194 valence electrons. The Bertz CT molecular complexity index is 1530. The lowest BCUT2D eigenvalue weighted by molar-refractivity contribution is 0.384. The molecule has 0 saturated carbocycles. The van der Waals surface area contributed by atoms with Crippen LogP contribution < -0.4 is 15.7 Å². The van der Waals surface area contributed by atoms with Crippen molar-refractivity contribution in [2.24, 2.45) is 4.99 Å². The van der Waals surface area contributed by atoms with Crippen LogP contribution in [0.2, 0.25) is 5.02 Å². The minimum absolute atomic E-state index is 0.00358. The molecule has 0 aliphatic carbocycles. The molecule has 1 aromatic carbocycles. The molecule has 3 aromatic heterocycles. The van der Waals surface area contributed by atoms with Crippen molar-refractivity contribution in [2.45, 2.75) is 33.4 Å². The molecule has 4 aromatic rings. The monoisotopic (exact) mass is 526 g/mol. The number of anilines is 1. The molecule has 0 spiro atoms. The molecule has 37 heavy (non-hydrogen) atoms. The number of nitrogens with one attached hydrogen (secondary N) is 2. The van der Waals surface area contributed by atoms with Crippen LogP contribution in [0.4, 0.5) is 16.0 Å². The van der Waals surface area contributed by atoms with E-state index in [-0.39, 0.29) is 28.7 Å². The molecule has 0 saturated heterocycles. The number of ether oxygens (including phenoxy) is 1. The van der Waals surface area contributed by atoms with Gasteiger partial charge in [-0.2, -0.15) is 10.1 Å². The van der Waals surface area contributed by atoms with Crippen molar-refractivity contribution in [1.29, 1.82) is 0 Å². The second-order valence-electron chi connectivity index (χ2n) is 8.64. The van der Waals surface area contributed by atoms with Crippen LogP contribution in [0.3, 0.4) is 0 Å². The molecule has 2 N–H and O–H groups in total. The number of aliphatic imine (C=N–C) groups is 1. The maximum absolute atomic E-state index is 14.7. The maximum atomic E-state index is 14.7. The summed E-state index contributed by atoms with van der Waals surface area (Å²) in [6, 6.07) is 5.01. The van der Waals surface area contributed by atoms with Gasteiger partial charge in [0.1, 0.15) is 11.7 Å². The van der Waals surface area contributed by atoms with Gasteiger partial charge in [-0.25, -0.2) is 19.2 Å². The normalized spacial score (nSPS) is 11.7. The lowest BCUT2D eigenvalue weighted by atomic mass is 10.2. The summed E-state index contributed by atoms with van der Waals surface area (Å²) in [4.78, 5) is 30.0. The molecule has 0 fully saturated rings. The Morgan fingerprint density at radius 3 is 2.81 bits per heavy atom. The number of nitrogens with zero attached hydrogens (tertiary/aromatic N) is 6. The Balaban J connectivity index is 1.59. The van der Waals surface area contributed by atoms with E-state index >= 15 is 0 Å². The number of benzene rings is 1. The predicted molar refractivity (Wildman–Crippen MR) is 143 cm³/mol. The van der Waals surface area contributed by atoms with E-state index in [0.717, 1.165) is 23.4 Å². The number of H-pyrrole nitrogens is 1. The highest BCUT2D eigenvalue weighted by molar-refractivity contribution is 6.31. The first-order valence-electron chi connectivity index (χ1n) is 11.6. The van der Waals surface area contributed by atoms with Gasteiger partial charge < -0.3 is 15.0 Å². The van der Waals surface area contributed by atoms with Crippen LogP contribution in [0.5, 0.6) is 5.75 Å². The molecular weight excluding hydrogens is 499 g/mol. The van der Waals surface area contributed by atoms with Gasteiger partial charge in [-0.05, 0) is 36.2 Å². The predicted octanol–water partition coefficient (Wildman–Crippen LogP) is 4.29. The number of fused-ring (bicyclic) bond motifs is 1. The number of methoxy groups -OCH3 is 1. The highest BCUT2D eigenvalue weighted by Crippen LogP contribution is 2.28. The lowest BCUT2D eigenvalue weighted by Gasteiger charge is -2.14. The topological polar surface area (TPSA) is 113 Å². The van der Waals surface area contributed by atoms with E-state index in [1.54, 1.807) is 23.1 Å². The number of hydrogen-bond donors (Lipinski definition) is 2. The summed E-state index contributed by atoms with van der Waals surface area (Å²) in [6.07, 6.45) is 4.32. The van der Waals surface area contributed by atoms with Crippen LogP contribution in [0.1, 0.15) is 30.0 Å². The van der Waals surface area contributed by atoms with Crippen LogP contribution in [-0.2, 0) is 13.1 Å². The number of amidine groups is 1. The van der Waals surface area contributed by atoms with Gasteiger partial charge in [-0.3, -0.25) is 9.67 Å². The van der Waals surface area contributed by atoms with Gasteiger partial charge in [0, 0.05) is 50.0 Å². The first-order chi connectivity index (χ1) is 17.7. The summed E-state index contributed by atoms with van der Waals surface area (Å²) in [5.74, 6) is 1.37. The number of aryl methyl sites for hydroxylation is 1. The van der Waals surface area contributed by atoms with Crippen molar-refractivity contribution in [3.8, 4) is 5.75 Å². The van der Waals surface area contributed by atoms with Gasteiger partial charge in [0.25, 0.3) is 0 Å². The van der Waals surface area contributed by atoms with Crippen LogP contribution in [0, 0.1) is 12.7 Å². The number of aromatic nitrogens is 5. The lowest BCUT2D eigenvalue weighted by Crippen LogP contribution is -2.20. The Labute approximate surface area is 218 Å². The van der Waals surface area contributed by atoms with E-state index in [2.05, 4.69) is 37.3 Å². The van der Waals surface area contributed by atoms with Crippen LogP contribution in [0.25, 0.3) is 11.0 Å². The second-order valence-corrected chi connectivity index (χ2v) is 9.04. The summed E-state index contributed by atoms with van der Waals surface area (Å²) in [6.45, 7) is 4.42. The zero-order valence-electron chi connectivity index (χ0n) is 21.3. The Morgan fingerprint density at radius 2 is 2.14 bits per heavy atom. The highest BCUT2D eigenvalue weighted by atomic mass is 35.5. The molecular formula is C25H28ClFN8O2. The minimum atomic E-state index is -0.579. The molecule has 0 aliphatic heterocycles. The van der Waals surface area contributed by atoms with E-state index in [9.17, 15) is 9.18 Å². The first-order valence-corrected chi connectivity index (χ1v) is 12.0. The molecule has 0 amide bonds. The summed E-state index contributed by atoms with van der Waals surface area (Å²) in [5.41, 5.74) is 1.83. The van der Waals surface area contributed by atoms with Crippen molar-refractivity contribution >= 4 is 40.1 Å². The number of rotatable bonds is 8. The van der Waals surface area contributed by atoms with Crippen molar-refractivity contribution in [3.05, 3.63) is 68.6 Å². The Hall–Kier alpha value is -3.99. The minimum Gasteiger partial charge on any atom is -0.494 e. The second kappa shape index (κ2) is 11.0. The fraction of sp³-hybridized carbons (Fsp3) is 0.320. The van der Waals surface area contributed by atoms with Gasteiger partial charge >= 0.3 is 5.69 Å². The maximum Gasteiger partial charge on any atom is 0.348 e. The summed E-state index contributed by atoms with van der Waals surface area (Å²) in [5, 5.41) is 8.30. The van der Waals surface area contributed by atoms with E-state index < -0.39 is 11.5 Å². The first kappa shape index (κ1) is 26.1. The van der Waals surface area contributed by atoms with Crippen molar-refractivity contribution in [2.75, 3.05) is 26.5 Å². The zero-order valence-corrected chi connectivity index (χ0v) is 22.0. The third-order valence-electron chi connectivity index (χ3n) is 5.78. The Kier molecular flexibility index (Phi) is 7.72. The number of hydrogen-bond acceptors (Lipinski definition) is 7. The molecule has 0 radical (unpaired) electrons. The third-order valence-corrected chi connectivity index (χ3v) is 6.13. The third kappa shape index (κ3) is 5.72. The van der Waals surface area contributed by atoms with E-state index in [1.807, 2.05) is 32.0 Å². The van der Waals surface area contributed by atoms with Gasteiger partial charge in [0.2, 0.25) is 0 Å².